The molecule has 3 aromatic carbocycles. The van der Waals surface area contributed by atoms with Gasteiger partial charge in [0.15, 0.2) is 0 Å². The van der Waals surface area contributed by atoms with E-state index in [4.69, 9.17) is 4.74 Å². The van der Waals surface area contributed by atoms with E-state index in [9.17, 15) is 4.79 Å². The molecule has 0 bridgehead atoms. The smallest absolute Gasteiger partial charge is 0.255 e. The zero-order valence-corrected chi connectivity index (χ0v) is 14.8. The van der Waals surface area contributed by atoms with Crippen LogP contribution >= 0.6 is 0 Å². The van der Waals surface area contributed by atoms with E-state index < -0.39 is 0 Å². The number of hydrogen-bond donors (Lipinski definition) is 0. The molecule has 0 aromatic heterocycles. The lowest BCUT2D eigenvalue weighted by Gasteiger charge is -2.26. The normalized spacial score (nSPS) is 15.8. The third-order valence-corrected chi connectivity index (χ3v) is 4.97. The van der Waals surface area contributed by atoms with Gasteiger partial charge in [0.2, 0.25) is 0 Å². The Morgan fingerprint density at radius 1 is 0.846 bits per heavy atom. The molecule has 130 valence electrons. The third-order valence-electron chi connectivity index (χ3n) is 4.97. The second-order valence-corrected chi connectivity index (χ2v) is 6.57. The van der Waals surface area contributed by atoms with Crippen molar-refractivity contribution in [1.82, 2.24) is 4.90 Å². The van der Waals surface area contributed by atoms with E-state index >= 15 is 0 Å². The summed E-state index contributed by atoms with van der Waals surface area (Å²) < 4.78 is 5.23. The molecule has 0 aliphatic carbocycles. The number of carbonyl (C=O) groups is 1. The Bertz CT molecular complexity index is 903. The summed E-state index contributed by atoms with van der Waals surface area (Å²) >= 11 is 0. The van der Waals surface area contributed by atoms with Gasteiger partial charge in [-0.05, 0) is 41.3 Å². The lowest BCUT2D eigenvalue weighted by molar-refractivity contribution is 0.0709. The molecular weight excluding hydrogens is 322 g/mol. The molecule has 1 heterocycles. The topological polar surface area (TPSA) is 29.5 Å². The summed E-state index contributed by atoms with van der Waals surface area (Å²) in [6.45, 7) is 0.592. The number of fused-ring (bicyclic) bond motifs is 1. The molecule has 0 saturated carbocycles. The van der Waals surface area contributed by atoms with E-state index in [1.54, 1.807) is 7.11 Å². The first-order valence-electron chi connectivity index (χ1n) is 8.83. The van der Waals surface area contributed by atoms with Gasteiger partial charge in [0.25, 0.3) is 5.91 Å². The molecular formula is C23H21NO2. The van der Waals surface area contributed by atoms with Crippen LogP contribution in [0.1, 0.15) is 33.1 Å². The van der Waals surface area contributed by atoms with Crippen LogP contribution in [0.2, 0.25) is 0 Å². The van der Waals surface area contributed by atoms with Gasteiger partial charge < -0.3 is 9.64 Å². The molecule has 3 aromatic rings. The monoisotopic (exact) mass is 343 g/mol. The number of carbonyl (C=O) groups excluding carboxylic acids is 1. The number of amides is 1. The Labute approximate surface area is 153 Å². The van der Waals surface area contributed by atoms with Crippen molar-refractivity contribution in [2.24, 2.45) is 0 Å². The SMILES string of the molecule is COc1ccc(CN2C(=O)c3ccccc3C2Cc2ccccc2)cc1. The zero-order chi connectivity index (χ0) is 17.9. The Kier molecular flexibility index (Phi) is 4.44. The van der Waals surface area contributed by atoms with Crippen LogP contribution in [-0.4, -0.2) is 17.9 Å². The van der Waals surface area contributed by atoms with Crippen LogP contribution in [0.15, 0.2) is 78.9 Å². The number of rotatable bonds is 5. The van der Waals surface area contributed by atoms with Crippen LogP contribution in [0.4, 0.5) is 0 Å². The minimum absolute atomic E-state index is 0.0585. The van der Waals surface area contributed by atoms with Gasteiger partial charge in [0.05, 0.1) is 13.2 Å². The highest BCUT2D eigenvalue weighted by Crippen LogP contribution is 2.37. The van der Waals surface area contributed by atoms with Gasteiger partial charge in [-0.1, -0.05) is 60.7 Å². The minimum atomic E-state index is 0.0585. The maximum Gasteiger partial charge on any atom is 0.255 e. The first kappa shape index (κ1) is 16.4. The maximum absolute atomic E-state index is 13.0. The number of methoxy groups -OCH3 is 1. The van der Waals surface area contributed by atoms with Crippen LogP contribution < -0.4 is 4.74 Å². The summed E-state index contributed by atoms with van der Waals surface area (Å²) in [5.41, 5.74) is 4.28. The molecule has 1 aliphatic rings. The summed E-state index contributed by atoms with van der Waals surface area (Å²) in [6.07, 6.45) is 0.819. The Hall–Kier alpha value is -3.07. The number of benzene rings is 3. The molecule has 3 heteroatoms. The van der Waals surface area contributed by atoms with E-state index in [2.05, 4.69) is 18.2 Å². The lowest BCUT2D eigenvalue weighted by atomic mass is 9.98. The van der Waals surface area contributed by atoms with Crippen LogP contribution in [-0.2, 0) is 13.0 Å². The van der Waals surface area contributed by atoms with Gasteiger partial charge in [-0.25, -0.2) is 0 Å². The fourth-order valence-corrected chi connectivity index (χ4v) is 3.61. The summed E-state index contributed by atoms with van der Waals surface area (Å²) in [4.78, 5) is 15.0. The van der Waals surface area contributed by atoms with Crippen LogP contribution in [0.3, 0.4) is 0 Å². The van der Waals surface area contributed by atoms with Gasteiger partial charge in [-0.15, -0.1) is 0 Å². The maximum atomic E-state index is 13.0. The average Bonchev–Trinajstić information content (AvgIpc) is 2.95. The molecule has 3 nitrogen and oxygen atoms in total. The summed E-state index contributed by atoms with van der Waals surface area (Å²) in [6, 6.07) is 26.3. The van der Waals surface area contributed by atoms with Crippen molar-refractivity contribution in [3.8, 4) is 5.75 Å². The molecule has 1 aliphatic heterocycles. The Morgan fingerprint density at radius 3 is 2.27 bits per heavy atom. The van der Waals surface area contributed by atoms with Crippen molar-refractivity contribution < 1.29 is 9.53 Å². The summed E-state index contributed by atoms with van der Waals surface area (Å²) in [5.74, 6) is 0.933. The van der Waals surface area contributed by atoms with E-state index in [1.165, 1.54) is 5.56 Å². The van der Waals surface area contributed by atoms with Gasteiger partial charge in [-0.3, -0.25) is 4.79 Å². The van der Waals surface area contributed by atoms with Crippen molar-refractivity contribution in [2.45, 2.75) is 19.0 Å². The van der Waals surface area contributed by atoms with Crippen LogP contribution in [0, 0.1) is 0 Å². The largest absolute Gasteiger partial charge is 0.497 e. The third kappa shape index (κ3) is 3.08. The molecule has 0 saturated heterocycles. The number of hydrogen-bond acceptors (Lipinski definition) is 2. The molecule has 26 heavy (non-hydrogen) atoms. The first-order chi connectivity index (χ1) is 12.8. The van der Waals surface area contributed by atoms with Gasteiger partial charge in [0.1, 0.15) is 5.75 Å². The highest BCUT2D eigenvalue weighted by atomic mass is 16.5. The quantitative estimate of drug-likeness (QED) is 0.676. The van der Waals surface area contributed by atoms with E-state index in [0.29, 0.717) is 6.54 Å². The predicted octanol–water partition coefficient (Wildman–Crippen LogP) is 4.64. The second-order valence-electron chi connectivity index (χ2n) is 6.57. The van der Waals surface area contributed by atoms with Gasteiger partial charge in [0, 0.05) is 12.1 Å². The average molecular weight is 343 g/mol. The second kappa shape index (κ2) is 7.04. The van der Waals surface area contributed by atoms with Crippen molar-refractivity contribution in [1.29, 1.82) is 0 Å². The molecule has 1 unspecified atom stereocenters. The molecule has 1 amide bonds. The standard InChI is InChI=1S/C23H21NO2/c1-26-19-13-11-18(12-14-19)16-24-22(15-17-7-3-2-4-8-17)20-9-5-6-10-21(20)23(24)25/h2-14,22H,15-16H2,1H3. The fourth-order valence-electron chi connectivity index (χ4n) is 3.61. The molecule has 1 atom stereocenters. The number of ether oxygens (including phenoxy) is 1. The number of nitrogens with zero attached hydrogens (tertiary/aromatic N) is 1. The summed E-state index contributed by atoms with van der Waals surface area (Å²) in [7, 11) is 1.66. The molecule has 0 fully saturated rings. The van der Waals surface area contributed by atoms with E-state index in [-0.39, 0.29) is 11.9 Å². The van der Waals surface area contributed by atoms with Gasteiger partial charge >= 0.3 is 0 Å². The van der Waals surface area contributed by atoms with Crippen LogP contribution in [0.25, 0.3) is 0 Å². The Balaban J connectivity index is 1.65. The highest BCUT2D eigenvalue weighted by molar-refractivity contribution is 5.99. The van der Waals surface area contributed by atoms with Crippen LogP contribution in [0.5, 0.6) is 5.75 Å². The lowest BCUT2D eigenvalue weighted by Crippen LogP contribution is -2.28. The van der Waals surface area contributed by atoms with Crippen molar-refractivity contribution in [2.75, 3.05) is 7.11 Å². The van der Waals surface area contributed by atoms with E-state index in [1.807, 2.05) is 65.6 Å². The zero-order valence-electron chi connectivity index (χ0n) is 14.8. The predicted molar refractivity (Wildman–Crippen MR) is 102 cm³/mol. The molecule has 0 spiro atoms. The highest BCUT2D eigenvalue weighted by Gasteiger charge is 2.36. The molecule has 4 rings (SSSR count). The van der Waals surface area contributed by atoms with Crippen molar-refractivity contribution >= 4 is 5.91 Å². The van der Waals surface area contributed by atoms with Gasteiger partial charge in [-0.2, -0.15) is 0 Å². The molecule has 0 N–H and O–H groups in total. The summed E-state index contributed by atoms with van der Waals surface area (Å²) in [5, 5.41) is 0. The van der Waals surface area contributed by atoms with Crippen molar-refractivity contribution in [3.63, 3.8) is 0 Å². The minimum Gasteiger partial charge on any atom is -0.497 e. The van der Waals surface area contributed by atoms with Crippen molar-refractivity contribution in [3.05, 3.63) is 101 Å². The molecule has 0 radical (unpaired) electrons. The Morgan fingerprint density at radius 2 is 1.54 bits per heavy atom. The fraction of sp³-hybridized carbons (Fsp3) is 0.174. The first-order valence-corrected chi connectivity index (χ1v) is 8.83. The van der Waals surface area contributed by atoms with E-state index in [0.717, 1.165) is 28.9 Å².